The standard InChI is InChI=1S/C14H13N3O5S3/c1-6-10(20)17(4-7(18)19)14(24-6)9-12(22)16(3)13(25-9)8-11(21)15(2)5-23-8/h1,4-5H2,2-3H3,(H,18,19)/b13-8?,14-9-. The quantitative estimate of drug-likeness (QED) is 0.675. The summed E-state index contributed by atoms with van der Waals surface area (Å²) in [6.45, 7) is 3.06. The molecule has 132 valence electrons. The van der Waals surface area contributed by atoms with E-state index in [1.165, 1.54) is 16.3 Å². The van der Waals surface area contributed by atoms with E-state index in [0.29, 0.717) is 15.4 Å². The van der Waals surface area contributed by atoms with Crippen LogP contribution in [0.3, 0.4) is 0 Å². The third-order valence-electron chi connectivity index (χ3n) is 3.58. The first-order valence-electron chi connectivity index (χ1n) is 6.95. The van der Waals surface area contributed by atoms with Gasteiger partial charge in [-0.15, -0.1) is 22.7 Å². The van der Waals surface area contributed by atoms with Gasteiger partial charge in [-0.3, -0.25) is 23.7 Å². The van der Waals surface area contributed by atoms with Crippen molar-refractivity contribution in [2.75, 3.05) is 12.9 Å². The highest BCUT2D eigenvalue weighted by atomic mass is 32.2. The number of carboxylic acids is 1. The highest BCUT2D eigenvalue weighted by molar-refractivity contribution is 8.09. The van der Waals surface area contributed by atoms with Gasteiger partial charge in [-0.1, -0.05) is 18.3 Å². The molecular weight excluding hydrogens is 386 g/mol. The molecule has 0 aliphatic carbocycles. The molecule has 1 aliphatic heterocycles. The normalized spacial score (nSPS) is 18.2. The fraction of sp³-hybridized carbons (Fsp3) is 0.286. The van der Waals surface area contributed by atoms with Gasteiger partial charge in [-0.05, 0) is 0 Å². The van der Waals surface area contributed by atoms with Crippen molar-refractivity contribution in [3.63, 3.8) is 0 Å². The van der Waals surface area contributed by atoms with Gasteiger partial charge in [0.2, 0.25) is 0 Å². The lowest BCUT2D eigenvalue weighted by Crippen LogP contribution is -2.29. The van der Waals surface area contributed by atoms with Crippen LogP contribution in [0.2, 0.25) is 0 Å². The van der Waals surface area contributed by atoms with Gasteiger partial charge in [0.25, 0.3) is 17.0 Å². The van der Waals surface area contributed by atoms with Gasteiger partial charge in [-0.2, -0.15) is 0 Å². The Morgan fingerprint density at radius 3 is 2.40 bits per heavy atom. The Bertz CT molecular complexity index is 1220. The number of rotatable bonds is 2. The van der Waals surface area contributed by atoms with Crippen molar-refractivity contribution in [3.05, 3.63) is 39.1 Å². The summed E-state index contributed by atoms with van der Waals surface area (Å²) < 4.78 is 3.52. The summed E-state index contributed by atoms with van der Waals surface area (Å²) in [5, 5.41) is 9.02. The number of amides is 1. The third-order valence-corrected chi connectivity index (χ3v) is 7.29. The van der Waals surface area contributed by atoms with Gasteiger partial charge in [0.05, 0.1) is 10.4 Å². The summed E-state index contributed by atoms with van der Waals surface area (Å²) in [5.41, 5.74) is -0.908. The zero-order chi connectivity index (χ0) is 18.5. The monoisotopic (exact) mass is 399 g/mol. The van der Waals surface area contributed by atoms with Crippen LogP contribution in [0.25, 0.3) is 11.5 Å². The molecule has 2 aromatic rings. The molecule has 1 aliphatic rings. The average Bonchev–Trinajstić information content (AvgIpc) is 3.12. The van der Waals surface area contributed by atoms with Crippen LogP contribution >= 0.6 is 34.4 Å². The SMILES string of the molecule is C=c1s/c(=c2\sc(=C3SCN(C)C3=O)n(C)c2=O)n(CC(=O)O)c1=O. The number of nitrogens with zero attached hydrogens (tertiary/aromatic N) is 3. The number of thiazole rings is 2. The molecule has 0 aromatic carbocycles. The Balaban J connectivity index is 2.49. The molecule has 0 unspecified atom stereocenters. The maximum absolute atomic E-state index is 12.6. The molecule has 0 radical (unpaired) electrons. The summed E-state index contributed by atoms with van der Waals surface area (Å²) in [6, 6.07) is 0. The van der Waals surface area contributed by atoms with E-state index in [9.17, 15) is 19.2 Å². The minimum atomic E-state index is -1.19. The molecule has 0 saturated carbocycles. The first kappa shape index (κ1) is 17.7. The van der Waals surface area contributed by atoms with Crippen molar-refractivity contribution in [1.29, 1.82) is 0 Å². The van der Waals surface area contributed by atoms with Crippen LogP contribution in [0.1, 0.15) is 0 Å². The average molecular weight is 399 g/mol. The second-order valence-corrected chi connectivity index (χ2v) is 8.36. The highest BCUT2D eigenvalue weighted by Crippen LogP contribution is 2.26. The van der Waals surface area contributed by atoms with Crippen LogP contribution in [-0.4, -0.2) is 43.9 Å². The Kier molecular flexibility index (Phi) is 4.47. The molecule has 3 heterocycles. The lowest BCUT2D eigenvalue weighted by atomic mass is 10.5. The first-order chi connectivity index (χ1) is 11.7. The van der Waals surface area contributed by atoms with Gasteiger partial charge in [0.1, 0.15) is 25.3 Å². The molecule has 1 N–H and O–H groups in total. The summed E-state index contributed by atoms with van der Waals surface area (Å²) in [6.07, 6.45) is 0. The van der Waals surface area contributed by atoms with Crippen LogP contribution in [0, 0.1) is 9.20 Å². The maximum Gasteiger partial charge on any atom is 0.323 e. The smallest absolute Gasteiger partial charge is 0.323 e. The molecule has 8 nitrogen and oxygen atoms in total. The fourth-order valence-corrected chi connectivity index (χ4v) is 5.72. The Hall–Kier alpha value is -2.11. The minimum absolute atomic E-state index is 0.159. The van der Waals surface area contributed by atoms with E-state index in [0.717, 1.165) is 27.2 Å². The summed E-state index contributed by atoms with van der Waals surface area (Å²) in [7, 11) is 3.23. The molecule has 3 rings (SSSR count). The number of carbonyl (C=O) groups excluding carboxylic acids is 1. The minimum Gasteiger partial charge on any atom is -0.480 e. The largest absolute Gasteiger partial charge is 0.480 e. The fourth-order valence-electron chi connectivity index (χ4n) is 2.30. The van der Waals surface area contributed by atoms with Crippen LogP contribution in [0.4, 0.5) is 0 Å². The lowest BCUT2D eigenvalue weighted by molar-refractivity contribution is -0.137. The summed E-state index contributed by atoms with van der Waals surface area (Å²) >= 11 is 3.40. The van der Waals surface area contributed by atoms with Crippen molar-refractivity contribution >= 4 is 57.8 Å². The molecule has 0 bridgehead atoms. The predicted molar refractivity (Wildman–Crippen MR) is 96.9 cm³/mol. The second-order valence-electron chi connectivity index (χ2n) is 5.32. The van der Waals surface area contributed by atoms with E-state index in [2.05, 4.69) is 6.58 Å². The van der Waals surface area contributed by atoms with E-state index in [1.807, 2.05) is 0 Å². The Labute approximate surface area is 152 Å². The van der Waals surface area contributed by atoms with E-state index in [-0.39, 0.29) is 25.2 Å². The van der Waals surface area contributed by atoms with Gasteiger partial charge < -0.3 is 14.6 Å². The maximum atomic E-state index is 12.6. The van der Waals surface area contributed by atoms with Crippen molar-refractivity contribution in [1.82, 2.24) is 14.0 Å². The van der Waals surface area contributed by atoms with Crippen LogP contribution in [0.15, 0.2) is 9.59 Å². The van der Waals surface area contributed by atoms with E-state index < -0.39 is 18.1 Å². The third kappa shape index (κ3) is 2.87. The van der Waals surface area contributed by atoms with Gasteiger partial charge in [-0.25, -0.2) is 0 Å². The second kappa shape index (κ2) is 6.32. The Morgan fingerprint density at radius 1 is 1.16 bits per heavy atom. The molecule has 0 spiro atoms. The van der Waals surface area contributed by atoms with Crippen molar-refractivity contribution in [2.45, 2.75) is 6.54 Å². The van der Waals surface area contributed by atoms with E-state index >= 15 is 0 Å². The molecular formula is C14H13N3O5S3. The summed E-state index contributed by atoms with van der Waals surface area (Å²) in [5.74, 6) is -0.853. The number of carboxylic acid groups (broad SMARTS) is 1. The van der Waals surface area contributed by atoms with Crippen molar-refractivity contribution < 1.29 is 14.7 Å². The van der Waals surface area contributed by atoms with E-state index in [4.69, 9.17) is 5.11 Å². The summed E-state index contributed by atoms with van der Waals surface area (Å²) in [4.78, 5) is 50.0. The van der Waals surface area contributed by atoms with Gasteiger partial charge >= 0.3 is 5.97 Å². The van der Waals surface area contributed by atoms with E-state index in [1.54, 1.807) is 19.0 Å². The van der Waals surface area contributed by atoms with Gasteiger partial charge in [0.15, 0.2) is 0 Å². The zero-order valence-corrected chi connectivity index (χ0v) is 15.7. The molecule has 25 heavy (non-hydrogen) atoms. The number of aromatic nitrogens is 2. The molecule has 1 saturated heterocycles. The van der Waals surface area contributed by atoms with Crippen LogP contribution < -0.4 is 20.3 Å². The number of thioether (sulfide) groups is 1. The zero-order valence-electron chi connectivity index (χ0n) is 13.3. The number of carbonyl (C=O) groups is 2. The molecule has 2 aromatic heterocycles. The van der Waals surface area contributed by atoms with Crippen molar-refractivity contribution in [3.8, 4) is 0 Å². The molecule has 1 amide bonds. The molecule has 0 atom stereocenters. The topological polar surface area (TPSA) is 102 Å². The molecule has 1 fully saturated rings. The molecule has 11 heteroatoms. The number of hydrogen-bond acceptors (Lipinski definition) is 7. The Morgan fingerprint density at radius 2 is 1.84 bits per heavy atom. The van der Waals surface area contributed by atoms with Crippen LogP contribution in [-0.2, 0) is 23.2 Å². The van der Waals surface area contributed by atoms with Crippen molar-refractivity contribution in [2.24, 2.45) is 7.05 Å². The lowest BCUT2D eigenvalue weighted by Gasteiger charge is -2.02. The predicted octanol–water partition coefficient (Wildman–Crippen LogP) is -1.28. The first-order valence-corrected chi connectivity index (χ1v) is 9.57. The van der Waals surface area contributed by atoms with Crippen LogP contribution in [0.5, 0.6) is 0 Å². The number of hydrogen-bond donors (Lipinski definition) is 1. The number of aliphatic carboxylic acids is 1. The van der Waals surface area contributed by atoms with Gasteiger partial charge in [0, 0.05) is 14.1 Å². The highest BCUT2D eigenvalue weighted by Gasteiger charge is 2.26.